The quantitative estimate of drug-likeness (QED) is 0.819. The predicted molar refractivity (Wildman–Crippen MR) is 80.1 cm³/mol. The summed E-state index contributed by atoms with van der Waals surface area (Å²) in [5, 5.41) is 13.8. The number of hydrogen-bond donors (Lipinski definition) is 2. The fourth-order valence-corrected chi connectivity index (χ4v) is 3.24. The van der Waals surface area contributed by atoms with Crippen molar-refractivity contribution in [2.45, 2.75) is 57.6 Å². The first-order chi connectivity index (χ1) is 9.31. The van der Waals surface area contributed by atoms with E-state index < -0.39 is 0 Å². The third kappa shape index (κ3) is 4.32. The van der Waals surface area contributed by atoms with Crippen molar-refractivity contribution in [2.24, 2.45) is 5.92 Å². The van der Waals surface area contributed by atoms with Gasteiger partial charge in [-0.1, -0.05) is 56.5 Å². The summed E-state index contributed by atoms with van der Waals surface area (Å²) in [4.78, 5) is 0. The highest BCUT2D eigenvalue weighted by Crippen LogP contribution is 2.28. The molecule has 0 radical (unpaired) electrons. The lowest BCUT2D eigenvalue weighted by Crippen LogP contribution is -2.39. The molecular formula is C17H27NO. The minimum Gasteiger partial charge on any atom is -0.387 e. The summed E-state index contributed by atoms with van der Waals surface area (Å²) in [7, 11) is 0. The predicted octanol–water partition coefficient (Wildman–Crippen LogP) is 3.67. The summed E-state index contributed by atoms with van der Waals surface area (Å²) in [6, 6.07) is 10.5. The number of hydrogen-bond acceptors (Lipinski definition) is 2. The van der Waals surface area contributed by atoms with E-state index in [1.807, 2.05) is 30.3 Å². The Kier molecular flexibility index (Phi) is 5.87. The molecule has 2 nitrogen and oxygen atoms in total. The van der Waals surface area contributed by atoms with E-state index in [0.717, 1.165) is 17.9 Å². The molecule has 2 N–H and O–H groups in total. The van der Waals surface area contributed by atoms with Gasteiger partial charge in [-0.2, -0.15) is 0 Å². The second kappa shape index (κ2) is 7.66. The van der Waals surface area contributed by atoms with Gasteiger partial charge in [0.2, 0.25) is 0 Å². The van der Waals surface area contributed by atoms with Crippen LogP contribution in [-0.4, -0.2) is 17.7 Å². The maximum atomic E-state index is 10.2. The van der Waals surface area contributed by atoms with Gasteiger partial charge in [-0.25, -0.2) is 0 Å². The maximum Gasteiger partial charge on any atom is 0.0914 e. The molecule has 1 aromatic carbocycles. The highest BCUT2D eigenvalue weighted by atomic mass is 16.3. The van der Waals surface area contributed by atoms with Crippen molar-refractivity contribution in [3.8, 4) is 0 Å². The van der Waals surface area contributed by atoms with Crippen molar-refractivity contribution in [3.05, 3.63) is 35.9 Å². The molecule has 0 aromatic heterocycles. The zero-order chi connectivity index (χ0) is 13.5. The Hall–Kier alpha value is -0.860. The first kappa shape index (κ1) is 14.5. The van der Waals surface area contributed by atoms with Crippen molar-refractivity contribution >= 4 is 0 Å². The van der Waals surface area contributed by atoms with Crippen LogP contribution in [0.4, 0.5) is 0 Å². The number of rotatable bonds is 6. The Labute approximate surface area is 117 Å². The van der Waals surface area contributed by atoms with Crippen LogP contribution in [0.25, 0.3) is 0 Å². The summed E-state index contributed by atoms with van der Waals surface area (Å²) in [5.41, 5.74) is 1.01. The summed E-state index contributed by atoms with van der Waals surface area (Å²) in [6.07, 6.45) is 7.64. The van der Waals surface area contributed by atoms with Gasteiger partial charge in [0.1, 0.15) is 0 Å². The zero-order valence-corrected chi connectivity index (χ0v) is 12.0. The molecule has 0 aliphatic heterocycles. The van der Waals surface area contributed by atoms with E-state index in [1.165, 1.54) is 32.1 Å². The minimum absolute atomic E-state index is 0.390. The topological polar surface area (TPSA) is 32.3 Å². The molecule has 2 heteroatoms. The van der Waals surface area contributed by atoms with E-state index in [4.69, 9.17) is 0 Å². The maximum absolute atomic E-state index is 10.2. The number of benzene rings is 1. The van der Waals surface area contributed by atoms with Crippen molar-refractivity contribution < 1.29 is 5.11 Å². The summed E-state index contributed by atoms with van der Waals surface area (Å²) < 4.78 is 0. The average Bonchev–Trinajstić information content (AvgIpc) is 2.49. The minimum atomic E-state index is -0.390. The molecule has 0 heterocycles. The summed E-state index contributed by atoms with van der Waals surface area (Å²) in [6.45, 7) is 2.92. The van der Waals surface area contributed by atoms with Gasteiger partial charge in [-0.05, 0) is 30.7 Å². The van der Waals surface area contributed by atoms with E-state index in [2.05, 4.69) is 12.2 Å². The molecule has 0 spiro atoms. The Morgan fingerprint density at radius 2 is 1.84 bits per heavy atom. The molecule has 0 bridgehead atoms. The van der Waals surface area contributed by atoms with Gasteiger partial charge in [-0.3, -0.25) is 0 Å². The van der Waals surface area contributed by atoms with E-state index in [9.17, 15) is 5.11 Å². The molecule has 2 rings (SSSR count). The molecule has 1 aliphatic carbocycles. The van der Waals surface area contributed by atoms with Crippen LogP contribution in [0.5, 0.6) is 0 Å². The zero-order valence-electron chi connectivity index (χ0n) is 12.0. The smallest absolute Gasteiger partial charge is 0.0914 e. The van der Waals surface area contributed by atoms with Crippen LogP contribution in [0.1, 0.15) is 57.1 Å². The largest absolute Gasteiger partial charge is 0.387 e. The van der Waals surface area contributed by atoms with Gasteiger partial charge in [0.15, 0.2) is 0 Å². The van der Waals surface area contributed by atoms with Crippen molar-refractivity contribution in [2.75, 3.05) is 6.54 Å². The van der Waals surface area contributed by atoms with Crippen molar-refractivity contribution in [1.82, 2.24) is 5.32 Å². The van der Waals surface area contributed by atoms with Crippen LogP contribution in [0, 0.1) is 5.92 Å². The second-order valence-electron chi connectivity index (χ2n) is 5.75. The van der Waals surface area contributed by atoms with Gasteiger partial charge in [-0.15, -0.1) is 0 Å². The fourth-order valence-electron chi connectivity index (χ4n) is 3.24. The van der Waals surface area contributed by atoms with Crippen LogP contribution >= 0.6 is 0 Å². The SMILES string of the molecule is CCC(NCC(O)c1ccccc1)C1CCCCC1. The van der Waals surface area contributed by atoms with E-state index in [1.54, 1.807) is 0 Å². The van der Waals surface area contributed by atoms with Gasteiger partial charge < -0.3 is 10.4 Å². The molecule has 1 fully saturated rings. The van der Waals surface area contributed by atoms with E-state index in [-0.39, 0.29) is 6.10 Å². The van der Waals surface area contributed by atoms with E-state index >= 15 is 0 Å². The Morgan fingerprint density at radius 3 is 2.47 bits per heavy atom. The summed E-state index contributed by atoms with van der Waals surface area (Å²) in [5.74, 6) is 0.807. The normalized spacial score (nSPS) is 20.1. The van der Waals surface area contributed by atoms with Crippen LogP contribution in [0.3, 0.4) is 0 Å². The molecule has 0 amide bonds. The van der Waals surface area contributed by atoms with Crippen LogP contribution < -0.4 is 5.32 Å². The molecule has 1 aromatic rings. The van der Waals surface area contributed by atoms with Crippen LogP contribution in [0.15, 0.2) is 30.3 Å². The third-order valence-corrected chi connectivity index (χ3v) is 4.42. The second-order valence-corrected chi connectivity index (χ2v) is 5.75. The molecular weight excluding hydrogens is 234 g/mol. The first-order valence-corrected chi connectivity index (χ1v) is 7.77. The lowest BCUT2D eigenvalue weighted by Gasteiger charge is -2.31. The summed E-state index contributed by atoms with van der Waals surface area (Å²) >= 11 is 0. The monoisotopic (exact) mass is 261 g/mol. The number of aliphatic hydroxyl groups excluding tert-OH is 1. The molecule has 2 unspecified atom stereocenters. The molecule has 106 valence electrons. The first-order valence-electron chi connectivity index (χ1n) is 7.77. The Balaban J connectivity index is 1.82. The standard InChI is InChI=1S/C17H27NO/c1-2-16(14-9-5-3-6-10-14)18-13-17(19)15-11-7-4-8-12-15/h4,7-8,11-12,14,16-19H,2-3,5-6,9-10,13H2,1H3. The fraction of sp³-hybridized carbons (Fsp3) is 0.647. The molecule has 0 saturated heterocycles. The van der Waals surface area contributed by atoms with Crippen molar-refractivity contribution in [1.29, 1.82) is 0 Å². The Bertz CT molecular complexity index is 346. The molecule has 2 atom stereocenters. The van der Waals surface area contributed by atoms with Gasteiger partial charge in [0.25, 0.3) is 0 Å². The van der Waals surface area contributed by atoms with Gasteiger partial charge >= 0.3 is 0 Å². The molecule has 1 aliphatic rings. The Morgan fingerprint density at radius 1 is 1.16 bits per heavy atom. The van der Waals surface area contributed by atoms with Crippen LogP contribution in [0.2, 0.25) is 0 Å². The lowest BCUT2D eigenvalue weighted by molar-refractivity contribution is 0.157. The van der Waals surface area contributed by atoms with Crippen LogP contribution in [-0.2, 0) is 0 Å². The lowest BCUT2D eigenvalue weighted by atomic mass is 9.83. The van der Waals surface area contributed by atoms with E-state index in [0.29, 0.717) is 12.6 Å². The van der Waals surface area contributed by atoms with Gasteiger partial charge in [0, 0.05) is 12.6 Å². The highest BCUT2D eigenvalue weighted by molar-refractivity contribution is 5.17. The number of aliphatic hydroxyl groups is 1. The molecule has 1 saturated carbocycles. The average molecular weight is 261 g/mol. The third-order valence-electron chi connectivity index (χ3n) is 4.42. The van der Waals surface area contributed by atoms with Gasteiger partial charge in [0.05, 0.1) is 6.10 Å². The number of nitrogens with one attached hydrogen (secondary N) is 1. The highest BCUT2D eigenvalue weighted by Gasteiger charge is 2.22. The van der Waals surface area contributed by atoms with Crippen molar-refractivity contribution in [3.63, 3.8) is 0 Å². The molecule has 19 heavy (non-hydrogen) atoms.